The van der Waals surface area contributed by atoms with E-state index in [0.717, 1.165) is 45.4 Å². The Morgan fingerprint density at radius 2 is 1.96 bits per heavy atom. The fourth-order valence-electron chi connectivity index (χ4n) is 4.51. The molecule has 156 valence electrons. The number of aromatic hydroxyl groups is 1. The van der Waals surface area contributed by atoms with Crippen LogP contribution in [0.15, 0.2) is 18.2 Å². The number of likely N-dealkylation sites (N-methyl/N-ethyl adjacent to an activating group) is 1. The summed E-state index contributed by atoms with van der Waals surface area (Å²) in [4.78, 5) is 19.8. The SMILES string of the molecule is COc1cccc(C(=O)N2CC[C@H](N3CCN(C)CC3)[C@H](CCCO)C2)c1O. The molecule has 0 unspecified atom stereocenters. The number of hydrogen-bond acceptors (Lipinski definition) is 6. The Kier molecular flexibility index (Phi) is 7.15. The van der Waals surface area contributed by atoms with Gasteiger partial charge in [0.05, 0.1) is 12.7 Å². The van der Waals surface area contributed by atoms with Crippen LogP contribution in [0.25, 0.3) is 0 Å². The van der Waals surface area contributed by atoms with Crippen LogP contribution in [0.4, 0.5) is 0 Å². The average molecular weight is 392 g/mol. The molecule has 1 aromatic carbocycles. The number of piperazine rings is 1. The number of methoxy groups -OCH3 is 1. The minimum absolute atomic E-state index is 0.0944. The summed E-state index contributed by atoms with van der Waals surface area (Å²) in [7, 11) is 3.64. The Morgan fingerprint density at radius 1 is 1.21 bits per heavy atom. The third kappa shape index (κ3) is 4.59. The molecule has 7 nitrogen and oxygen atoms in total. The van der Waals surface area contributed by atoms with E-state index in [1.807, 2.05) is 4.90 Å². The van der Waals surface area contributed by atoms with E-state index in [4.69, 9.17) is 4.74 Å². The predicted octanol–water partition coefficient (Wildman–Crippen LogP) is 1.25. The number of phenolic OH excluding ortho intramolecular Hbond substituents is 1. The second kappa shape index (κ2) is 9.58. The number of likely N-dealkylation sites (tertiary alicyclic amines) is 1. The van der Waals surface area contributed by atoms with Crippen molar-refractivity contribution in [1.82, 2.24) is 14.7 Å². The summed E-state index contributed by atoms with van der Waals surface area (Å²) in [5, 5.41) is 19.7. The second-order valence-corrected chi connectivity index (χ2v) is 7.93. The molecular weight excluding hydrogens is 358 g/mol. The first kappa shape index (κ1) is 20.9. The number of carbonyl (C=O) groups excluding carboxylic acids is 1. The molecule has 1 aromatic rings. The van der Waals surface area contributed by atoms with Crippen LogP contribution in [-0.2, 0) is 0 Å². The van der Waals surface area contributed by atoms with Crippen LogP contribution in [0.2, 0.25) is 0 Å². The molecule has 0 radical (unpaired) electrons. The van der Waals surface area contributed by atoms with E-state index in [1.54, 1.807) is 18.2 Å². The van der Waals surface area contributed by atoms with Crippen molar-refractivity contribution in [2.24, 2.45) is 5.92 Å². The molecule has 0 aromatic heterocycles. The molecule has 0 aliphatic carbocycles. The third-order valence-electron chi connectivity index (χ3n) is 6.17. The fourth-order valence-corrected chi connectivity index (χ4v) is 4.51. The highest BCUT2D eigenvalue weighted by Crippen LogP contribution is 2.33. The second-order valence-electron chi connectivity index (χ2n) is 7.93. The first-order valence-corrected chi connectivity index (χ1v) is 10.2. The van der Waals surface area contributed by atoms with E-state index >= 15 is 0 Å². The van der Waals surface area contributed by atoms with Gasteiger partial charge in [-0.25, -0.2) is 0 Å². The molecule has 2 saturated heterocycles. The largest absolute Gasteiger partial charge is 0.504 e. The number of para-hydroxylation sites is 1. The Balaban J connectivity index is 1.72. The van der Waals surface area contributed by atoms with Crippen LogP contribution in [-0.4, -0.2) is 96.9 Å². The van der Waals surface area contributed by atoms with E-state index in [2.05, 4.69) is 16.8 Å². The van der Waals surface area contributed by atoms with Crippen molar-refractivity contribution >= 4 is 5.91 Å². The Morgan fingerprint density at radius 3 is 2.64 bits per heavy atom. The van der Waals surface area contributed by atoms with Crippen molar-refractivity contribution < 1.29 is 19.7 Å². The predicted molar refractivity (Wildman–Crippen MR) is 108 cm³/mol. The standard InChI is InChI=1S/C21H33N3O4/c1-22-10-12-23(13-11-22)18-8-9-24(15-16(18)5-4-14-25)21(27)17-6-3-7-19(28-2)20(17)26/h3,6-7,16,18,25-26H,4-5,8-15H2,1-2H3/t16-,18+/m1/s1. The van der Waals surface area contributed by atoms with Crippen molar-refractivity contribution in [2.75, 3.05) is 60.0 Å². The van der Waals surface area contributed by atoms with Gasteiger partial charge in [0.2, 0.25) is 0 Å². The van der Waals surface area contributed by atoms with Gasteiger partial charge in [0, 0.05) is 51.9 Å². The first-order chi connectivity index (χ1) is 13.5. The van der Waals surface area contributed by atoms with Crippen LogP contribution >= 0.6 is 0 Å². The number of aliphatic hydroxyl groups excluding tert-OH is 1. The Bertz CT molecular complexity index is 661. The lowest BCUT2D eigenvalue weighted by molar-refractivity contribution is 0.0216. The van der Waals surface area contributed by atoms with E-state index in [1.165, 1.54) is 7.11 Å². The van der Waals surface area contributed by atoms with Crippen LogP contribution in [0.5, 0.6) is 11.5 Å². The maximum Gasteiger partial charge on any atom is 0.257 e. The summed E-state index contributed by atoms with van der Waals surface area (Å²) >= 11 is 0. The minimum atomic E-state index is -0.151. The highest BCUT2D eigenvalue weighted by molar-refractivity contribution is 5.97. The van der Waals surface area contributed by atoms with E-state index in [-0.39, 0.29) is 18.3 Å². The van der Waals surface area contributed by atoms with Gasteiger partial charge in [-0.3, -0.25) is 9.69 Å². The molecule has 0 saturated carbocycles. The molecule has 3 rings (SSSR count). The molecule has 1 amide bonds. The normalized spacial score (nSPS) is 24.3. The van der Waals surface area contributed by atoms with Gasteiger partial charge in [0.1, 0.15) is 0 Å². The van der Waals surface area contributed by atoms with E-state index < -0.39 is 0 Å². The molecular formula is C21H33N3O4. The maximum absolute atomic E-state index is 13.1. The van der Waals surface area contributed by atoms with Crippen LogP contribution in [0, 0.1) is 5.92 Å². The highest BCUT2D eigenvalue weighted by Gasteiger charge is 2.36. The number of amides is 1. The van der Waals surface area contributed by atoms with Crippen LogP contribution in [0.1, 0.15) is 29.6 Å². The zero-order chi connectivity index (χ0) is 20.1. The number of benzene rings is 1. The zero-order valence-electron chi connectivity index (χ0n) is 17.0. The quantitative estimate of drug-likeness (QED) is 0.760. The Hall–Kier alpha value is -1.83. The molecule has 2 aliphatic heterocycles. The third-order valence-corrected chi connectivity index (χ3v) is 6.17. The number of ether oxygens (including phenoxy) is 1. The summed E-state index contributed by atoms with van der Waals surface area (Å²) in [6.07, 6.45) is 2.58. The van der Waals surface area contributed by atoms with Gasteiger partial charge in [-0.05, 0) is 44.4 Å². The number of hydrogen-bond donors (Lipinski definition) is 2. The molecule has 0 bridgehead atoms. The monoisotopic (exact) mass is 391 g/mol. The first-order valence-electron chi connectivity index (χ1n) is 10.2. The lowest BCUT2D eigenvalue weighted by Gasteiger charge is -2.46. The molecule has 0 spiro atoms. The summed E-state index contributed by atoms with van der Waals surface area (Å²) < 4.78 is 5.14. The number of rotatable bonds is 6. The summed E-state index contributed by atoms with van der Waals surface area (Å²) in [5.74, 6) is 0.404. The van der Waals surface area contributed by atoms with Crippen LogP contribution in [0.3, 0.4) is 0 Å². The summed E-state index contributed by atoms with van der Waals surface area (Å²) in [6, 6.07) is 5.47. The van der Waals surface area contributed by atoms with Crippen molar-refractivity contribution in [3.8, 4) is 11.5 Å². The van der Waals surface area contributed by atoms with Gasteiger partial charge in [0.15, 0.2) is 11.5 Å². The molecule has 2 heterocycles. The topological polar surface area (TPSA) is 76.5 Å². The lowest BCUT2D eigenvalue weighted by Crippen LogP contribution is -2.56. The van der Waals surface area contributed by atoms with Gasteiger partial charge in [-0.2, -0.15) is 0 Å². The molecule has 2 fully saturated rings. The summed E-state index contributed by atoms with van der Waals surface area (Å²) in [6.45, 7) is 5.78. The zero-order valence-corrected chi connectivity index (χ0v) is 17.0. The van der Waals surface area contributed by atoms with Gasteiger partial charge >= 0.3 is 0 Å². The van der Waals surface area contributed by atoms with Crippen molar-refractivity contribution in [3.63, 3.8) is 0 Å². The smallest absolute Gasteiger partial charge is 0.257 e. The van der Waals surface area contributed by atoms with Crippen molar-refractivity contribution in [3.05, 3.63) is 23.8 Å². The van der Waals surface area contributed by atoms with E-state index in [0.29, 0.717) is 36.4 Å². The number of phenols is 1. The van der Waals surface area contributed by atoms with Gasteiger partial charge in [0.25, 0.3) is 5.91 Å². The maximum atomic E-state index is 13.1. The molecule has 2 aliphatic rings. The lowest BCUT2D eigenvalue weighted by atomic mass is 9.86. The van der Waals surface area contributed by atoms with Crippen LogP contribution < -0.4 is 4.74 Å². The summed E-state index contributed by atoms with van der Waals surface area (Å²) in [5.41, 5.74) is 0.290. The number of piperidine rings is 1. The van der Waals surface area contributed by atoms with Gasteiger partial charge < -0.3 is 24.7 Å². The number of aliphatic hydroxyl groups is 1. The minimum Gasteiger partial charge on any atom is -0.504 e. The molecule has 2 atom stereocenters. The molecule has 7 heteroatoms. The molecule has 2 N–H and O–H groups in total. The Labute approximate surface area is 167 Å². The highest BCUT2D eigenvalue weighted by atomic mass is 16.5. The van der Waals surface area contributed by atoms with E-state index in [9.17, 15) is 15.0 Å². The fraction of sp³-hybridized carbons (Fsp3) is 0.667. The average Bonchev–Trinajstić information content (AvgIpc) is 2.72. The van der Waals surface area contributed by atoms with Crippen molar-refractivity contribution in [2.45, 2.75) is 25.3 Å². The number of carbonyl (C=O) groups is 1. The van der Waals surface area contributed by atoms with Crippen molar-refractivity contribution in [1.29, 1.82) is 0 Å². The van der Waals surface area contributed by atoms with Gasteiger partial charge in [-0.1, -0.05) is 6.07 Å². The number of nitrogens with zero attached hydrogens (tertiary/aromatic N) is 3. The van der Waals surface area contributed by atoms with Gasteiger partial charge in [-0.15, -0.1) is 0 Å². The molecule has 28 heavy (non-hydrogen) atoms.